The van der Waals surface area contributed by atoms with E-state index in [9.17, 15) is 0 Å². The Morgan fingerprint density at radius 2 is 1.94 bits per heavy atom. The van der Waals surface area contributed by atoms with E-state index in [0.717, 1.165) is 21.5 Å². The summed E-state index contributed by atoms with van der Waals surface area (Å²) in [5.74, 6) is 1.70. The average Bonchev–Trinajstić information content (AvgIpc) is 2.38. The van der Waals surface area contributed by atoms with Crippen LogP contribution in [0.5, 0.6) is 11.5 Å². The topological polar surface area (TPSA) is 18.5 Å². The molecule has 0 bridgehead atoms. The van der Waals surface area contributed by atoms with E-state index in [1.807, 2.05) is 42.5 Å². The molecule has 0 heterocycles. The molecule has 0 spiro atoms. The highest BCUT2D eigenvalue weighted by molar-refractivity contribution is 9.10. The standard InChI is InChI=1S/C15H15BrO2/c1-11-6-7-15(14(16)8-11)18-10-12-4-3-5-13(9-12)17-2/h3-9H,10H2,1-2H3. The van der Waals surface area contributed by atoms with Crippen molar-refractivity contribution < 1.29 is 9.47 Å². The molecule has 2 nitrogen and oxygen atoms in total. The Hall–Kier alpha value is -1.48. The molecule has 3 heteroatoms. The Labute approximate surface area is 116 Å². The summed E-state index contributed by atoms with van der Waals surface area (Å²) >= 11 is 3.50. The van der Waals surface area contributed by atoms with Gasteiger partial charge >= 0.3 is 0 Å². The van der Waals surface area contributed by atoms with Gasteiger partial charge in [0.25, 0.3) is 0 Å². The van der Waals surface area contributed by atoms with Crippen LogP contribution in [-0.4, -0.2) is 7.11 Å². The van der Waals surface area contributed by atoms with E-state index in [0.29, 0.717) is 6.61 Å². The molecule has 0 aliphatic rings. The van der Waals surface area contributed by atoms with Gasteiger partial charge in [0, 0.05) is 0 Å². The third-order valence-electron chi connectivity index (χ3n) is 2.62. The van der Waals surface area contributed by atoms with Gasteiger partial charge < -0.3 is 9.47 Å². The number of aryl methyl sites for hydroxylation is 1. The van der Waals surface area contributed by atoms with Crippen molar-refractivity contribution in [1.29, 1.82) is 0 Å². The van der Waals surface area contributed by atoms with Crippen molar-refractivity contribution in [3.8, 4) is 11.5 Å². The predicted octanol–water partition coefficient (Wildman–Crippen LogP) is 4.35. The highest BCUT2D eigenvalue weighted by Crippen LogP contribution is 2.26. The van der Waals surface area contributed by atoms with Gasteiger partial charge in [0.1, 0.15) is 18.1 Å². The fraction of sp³-hybridized carbons (Fsp3) is 0.200. The molecule has 0 aliphatic carbocycles. The lowest BCUT2D eigenvalue weighted by Gasteiger charge is -2.09. The molecule has 0 atom stereocenters. The van der Waals surface area contributed by atoms with E-state index in [-0.39, 0.29) is 0 Å². The predicted molar refractivity (Wildman–Crippen MR) is 76.2 cm³/mol. The summed E-state index contributed by atoms with van der Waals surface area (Å²) in [5.41, 5.74) is 2.29. The SMILES string of the molecule is COc1cccc(COc2ccc(C)cc2Br)c1. The van der Waals surface area contributed by atoms with Gasteiger partial charge in [-0.2, -0.15) is 0 Å². The van der Waals surface area contributed by atoms with E-state index < -0.39 is 0 Å². The van der Waals surface area contributed by atoms with Crippen LogP contribution in [0.4, 0.5) is 0 Å². The summed E-state index contributed by atoms with van der Waals surface area (Å²) in [6.45, 7) is 2.58. The van der Waals surface area contributed by atoms with Crippen LogP contribution in [0.15, 0.2) is 46.9 Å². The number of rotatable bonds is 4. The smallest absolute Gasteiger partial charge is 0.134 e. The van der Waals surface area contributed by atoms with Crippen LogP contribution in [0.2, 0.25) is 0 Å². The first-order valence-corrected chi connectivity index (χ1v) is 6.50. The van der Waals surface area contributed by atoms with Crippen molar-refractivity contribution in [3.05, 3.63) is 58.1 Å². The second-order valence-electron chi connectivity index (χ2n) is 4.07. The third kappa shape index (κ3) is 3.26. The van der Waals surface area contributed by atoms with Crippen LogP contribution in [0.3, 0.4) is 0 Å². The molecule has 2 aromatic rings. The van der Waals surface area contributed by atoms with E-state index >= 15 is 0 Å². The first-order valence-electron chi connectivity index (χ1n) is 5.71. The maximum Gasteiger partial charge on any atom is 0.134 e. The van der Waals surface area contributed by atoms with Crippen molar-refractivity contribution in [1.82, 2.24) is 0 Å². The maximum absolute atomic E-state index is 5.77. The fourth-order valence-corrected chi connectivity index (χ4v) is 2.25. The van der Waals surface area contributed by atoms with Gasteiger partial charge in [-0.3, -0.25) is 0 Å². The Balaban J connectivity index is 2.06. The summed E-state index contributed by atoms with van der Waals surface area (Å²) in [6.07, 6.45) is 0. The molecule has 0 N–H and O–H groups in total. The van der Waals surface area contributed by atoms with Gasteiger partial charge in [-0.25, -0.2) is 0 Å². The van der Waals surface area contributed by atoms with Gasteiger partial charge in [-0.05, 0) is 58.2 Å². The van der Waals surface area contributed by atoms with Crippen molar-refractivity contribution in [2.45, 2.75) is 13.5 Å². The van der Waals surface area contributed by atoms with Crippen molar-refractivity contribution in [2.75, 3.05) is 7.11 Å². The monoisotopic (exact) mass is 306 g/mol. The highest BCUT2D eigenvalue weighted by Gasteiger charge is 2.02. The first-order chi connectivity index (χ1) is 8.69. The minimum absolute atomic E-state index is 0.527. The largest absolute Gasteiger partial charge is 0.497 e. The number of ether oxygens (including phenoxy) is 2. The zero-order valence-corrected chi connectivity index (χ0v) is 12.0. The van der Waals surface area contributed by atoms with E-state index in [1.54, 1.807) is 7.11 Å². The highest BCUT2D eigenvalue weighted by atomic mass is 79.9. The summed E-state index contributed by atoms with van der Waals surface area (Å²) < 4.78 is 11.9. The van der Waals surface area contributed by atoms with Gasteiger partial charge in [-0.1, -0.05) is 18.2 Å². The summed E-state index contributed by atoms with van der Waals surface area (Å²) in [7, 11) is 1.66. The molecule has 2 aromatic carbocycles. The zero-order chi connectivity index (χ0) is 13.0. The third-order valence-corrected chi connectivity index (χ3v) is 3.24. The Kier molecular flexibility index (Phi) is 4.26. The van der Waals surface area contributed by atoms with Gasteiger partial charge in [0.15, 0.2) is 0 Å². The normalized spacial score (nSPS) is 10.2. The summed E-state index contributed by atoms with van der Waals surface area (Å²) in [5, 5.41) is 0. The van der Waals surface area contributed by atoms with Crippen molar-refractivity contribution in [2.24, 2.45) is 0 Å². The molecule has 0 radical (unpaired) electrons. The molecule has 0 saturated heterocycles. The lowest BCUT2D eigenvalue weighted by Crippen LogP contribution is -1.96. The van der Waals surface area contributed by atoms with E-state index in [2.05, 4.69) is 22.9 Å². The summed E-state index contributed by atoms with van der Waals surface area (Å²) in [6, 6.07) is 13.9. The van der Waals surface area contributed by atoms with Crippen LogP contribution >= 0.6 is 15.9 Å². The first kappa shape index (κ1) is 13.0. The molecule has 0 aromatic heterocycles. The van der Waals surface area contributed by atoms with Gasteiger partial charge in [0.2, 0.25) is 0 Å². The van der Waals surface area contributed by atoms with Gasteiger partial charge in [0.05, 0.1) is 11.6 Å². The number of hydrogen-bond donors (Lipinski definition) is 0. The zero-order valence-electron chi connectivity index (χ0n) is 10.4. The van der Waals surface area contributed by atoms with Crippen molar-refractivity contribution in [3.63, 3.8) is 0 Å². The molecule has 0 unspecified atom stereocenters. The number of benzene rings is 2. The molecule has 0 aliphatic heterocycles. The molecule has 18 heavy (non-hydrogen) atoms. The van der Waals surface area contributed by atoms with Crippen molar-refractivity contribution >= 4 is 15.9 Å². The molecule has 0 fully saturated rings. The lowest BCUT2D eigenvalue weighted by molar-refractivity contribution is 0.303. The quantitative estimate of drug-likeness (QED) is 0.836. The van der Waals surface area contributed by atoms with Crippen LogP contribution in [-0.2, 0) is 6.61 Å². The molecular formula is C15H15BrO2. The molecule has 2 rings (SSSR count). The lowest BCUT2D eigenvalue weighted by atomic mass is 10.2. The minimum Gasteiger partial charge on any atom is -0.497 e. The summed E-state index contributed by atoms with van der Waals surface area (Å²) in [4.78, 5) is 0. The Morgan fingerprint density at radius 1 is 1.11 bits per heavy atom. The van der Waals surface area contributed by atoms with E-state index in [4.69, 9.17) is 9.47 Å². The fourth-order valence-electron chi connectivity index (χ4n) is 1.65. The number of halogens is 1. The average molecular weight is 307 g/mol. The van der Waals surface area contributed by atoms with E-state index in [1.165, 1.54) is 5.56 Å². The van der Waals surface area contributed by atoms with Gasteiger partial charge in [-0.15, -0.1) is 0 Å². The molecule has 0 saturated carbocycles. The van der Waals surface area contributed by atoms with Crippen LogP contribution in [0.25, 0.3) is 0 Å². The molecule has 94 valence electrons. The van der Waals surface area contributed by atoms with Crippen LogP contribution in [0.1, 0.15) is 11.1 Å². The van der Waals surface area contributed by atoms with Crippen LogP contribution in [0, 0.1) is 6.92 Å². The van der Waals surface area contributed by atoms with Crippen LogP contribution < -0.4 is 9.47 Å². The number of methoxy groups -OCH3 is 1. The molecular weight excluding hydrogens is 292 g/mol. The Bertz CT molecular complexity index is 538. The minimum atomic E-state index is 0.527. The maximum atomic E-state index is 5.77. The Morgan fingerprint density at radius 3 is 2.67 bits per heavy atom. The second kappa shape index (κ2) is 5.91. The number of hydrogen-bond acceptors (Lipinski definition) is 2. The second-order valence-corrected chi connectivity index (χ2v) is 4.93. The molecule has 0 amide bonds.